The number of para-hydroxylation sites is 2. The summed E-state index contributed by atoms with van der Waals surface area (Å²) < 4.78 is 0. The van der Waals surface area contributed by atoms with Crippen LogP contribution in [-0.4, -0.2) is 26.1 Å². The number of benzene rings is 3. The molecule has 0 fully saturated rings. The monoisotopic (exact) mass is 674 g/mol. The maximum Gasteiger partial charge on any atom is 0.155 e. The van der Waals surface area contributed by atoms with Gasteiger partial charge in [0.2, 0.25) is 0 Å². The molecule has 0 aliphatic carbocycles. The van der Waals surface area contributed by atoms with Crippen molar-refractivity contribution in [1.29, 1.82) is 0 Å². The van der Waals surface area contributed by atoms with Crippen LogP contribution in [0, 0.1) is 6.07 Å². The molecule has 0 saturated carbocycles. The molecule has 0 aliphatic heterocycles. The molecule has 0 bridgehead atoms. The van der Waals surface area contributed by atoms with Gasteiger partial charge in [0.15, 0.2) is 5.78 Å². The van der Waals surface area contributed by atoms with Crippen molar-refractivity contribution < 1.29 is 40.2 Å². The van der Waals surface area contributed by atoms with Crippen molar-refractivity contribution in [3.05, 3.63) is 120 Å². The number of aliphatic hydroxyl groups is 3. The number of nitrogens with zero attached hydrogens (tertiary/aromatic N) is 2. The second kappa shape index (κ2) is 14.8. The van der Waals surface area contributed by atoms with Gasteiger partial charge in [0.05, 0.1) is 12.4 Å². The minimum Gasteiger partial charge on any atom is -0.512 e. The van der Waals surface area contributed by atoms with E-state index in [1.54, 1.807) is 12.3 Å². The molecule has 1 aromatic heterocycles. The molecule has 0 saturated heterocycles. The summed E-state index contributed by atoms with van der Waals surface area (Å²) in [5, 5.41) is 27.8. The fourth-order valence-corrected chi connectivity index (χ4v) is 3.63. The van der Waals surface area contributed by atoms with E-state index in [2.05, 4.69) is 16.0 Å². The summed E-state index contributed by atoms with van der Waals surface area (Å²) >= 11 is 0. The number of hydrogen-bond donors (Lipinski definition) is 3. The minimum atomic E-state index is -0.137. The summed E-state index contributed by atoms with van der Waals surface area (Å²) in [7, 11) is 0. The summed E-state index contributed by atoms with van der Waals surface area (Å²) in [5.41, 5.74) is 5.83. The molecule has 0 unspecified atom stereocenters. The molecule has 3 aromatic carbocycles. The number of pyridine rings is 1. The van der Waals surface area contributed by atoms with E-state index in [0.29, 0.717) is 5.69 Å². The van der Waals surface area contributed by atoms with E-state index in [9.17, 15) is 15.0 Å². The zero-order chi connectivity index (χ0) is 25.9. The molecule has 193 valence electrons. The Morgan fingerprint density at radius 3 is 1.95 bits per heavy atom. The predicted octanol–water partition coefficient (Wildman–Crippen LogP) is 6.04. The van der Waals surface area contributed by atoms with Gasteiger partial charge in [0.1, 0.15) is 0 Å². The van der Waals surface area contributed by atoms with E-state index in [4.69, 9.17) is 5.11 Å². The van der Waals surface area contributed by atoms with Crippen LogP contribution in [0.1, 0.15) is 25.0 Å². The molecule has 7 heteroatoms. The van der Waals surface area contributed by atoms with Crippen LogP contribution in [0.15, 0.2) is 103 Å². The Labute approximate surface area is 230 Å². The zero-order valence-corrected chi connectivity index (χ0v) is 23.0. The average Bonchev–Trinajstić information content (AvgIpc) is 2.89. The molecule has 0 aliphatic rings. The van der Waals surface area contributed by atoms with Gasteiger partial charge >= 0.3 is 0 Å². The molecule has 4 aromatic rings. The van der Waals surface area contributed by atoms with Crippen molar-refractivity contribution in [2.45, 2.75) is 27.1 Å². The number of rotatable bonds is 7. The van der Waals surface area contributed by atoms with Gasteiger partial charge in [-0.1, -0.05) is 42.5 Å². The number of aromatic nitrogens is 1. The summed E-state index contributed by atoms with van der Waals surface area (Å²) in [4.78, 5) is 16.5. The fraction of sp³-hybridized carbons (Fsp3) is 0.133. The molecular weight excluding hydrogens is 645 g/mol. The van der Waals surface area contributed by atoms with Crippen molar-refractivity contribution in [2.24, 2.45) is 0 Å². The number of carbonyl (C=O) groups is 1. The summed E-state index contributed by atoms with van der Waals surface area (Å²) in [6.45, 7) is 2.65. The normalized spacial score (nSPS) is 10.5. The molecular formula is C30H29IrN2O4-. The van der Waals surface area contributed by atoms with Gasteiger partial charge in [-0.3, -0.25) is 4.79 Å². The van der Waals surface area contributed by atoms with E-state index in [0.717, 1.165) is 33.8 Å². The average molecular weight is 674 g/mol. The topological polar surface area (TPSA) is 93.9 Å². The third kappa shape index (κ3) is 8.48. The quantitative estimate of drug-likeness (QED) is 0.126. The summed E-state index contributed by atoms with van der Waals surface area (Å²) in [6.07, 6.45) is 2.82. The van der Waals surface area contributed by atoms with E-state index >= 15 is 0 Å². The molecule has 37 heavy (non-hydrogen) atoms. The van der Waals surface area contributed by atoms with Crippen LogP contribution in [0.2, 0.25) is 0 Å². The fourth-order valence-electron chi connectivity index (χ4n) is 3.63. The molecule has 1 heterocycles. The molecule has 3 N–H and O–H groups in total. The summed E-state index contributed by atoms with van der Waals surface area (Å²) in [6, 6.07) is 30.9. The Hall–Kier alpha value is -3.61. The van der Waals surface area contributed by atoms with Gasteiger partial charge in [-0.15, -0.1) is 29.3 Å². The number of anilines is 3. The number of ketones is 1. The molecule has 4 rings (SSSR count). The van der Waals surface area contributed by atoms with Crippen LogP contribution >= 0.6 is 0 Å². The van der Waals surface area contributed by atoms with E-state index in [-0.39, 0.29) is 44.9 Å². The Balaban J connectivity index is 0.000000532. The molecule has 0 atom stereocenters. The van der Waals surface area contributed by atoms with Crippen LogP contribution in [0.25, 0.3) is 11.3 Å². The van der Waals surface area contributed by atoms with Crippen LogP contribution in [0.3, 0.4) is 0 Å². The van der Waals surface area contributed by atoms with Crippen molar-refractivity contribution in [2.75, 3.05) is 4.90 Å². The van der Waals surface area contributed by atoms with Crippen molar-refractivity contribution in [3.8, 4) is 11.3 Å². The van der Waals surface area contributed by atoms with Crippen LogP contribution in [0.4, 0.5) is 17.1 Å². The van der Waals surface area contributed by atoms with Gasteiger partial charge in [0.25, 0.3) is 0 Å². The maximum atomic E-state index is 10.0. The maximum absolute atomic E-state index is 10.0. The third-order valence-electron chi connectivity index (χ3n) is 5.14. The standard InChI is InChI=1S/C25H21N2O2.C5H8O2.Ir/c28-17-19-13-14-26-25(15-19)24-12-11-23(16-20(24)18-29)27(21-7-3-1-4-8-21)22-9-5-2-6-10-22;1-4(6)3-5(2)7;/h1-11,13-16,28-29H,17-18H2;3,6H,1-2H3;/q-1;;/b;4-3-;. The van der Waals surface area contributed by atoms with Crippen LogP contribution in [-0.2, 0) is 38.1 Å². The zero-order valence-electron chi connectivity index (χ0n) is 20.6. The first-order chi connectivity index (χ1) is 17.4. The van der Waals surface area contributed by atoms with E-state index < -0.39 is 0 Å². The van der Waals surface area contributed by atoms with E-state index in [1.165, 1.54) is 19.9 Å². The Bertz CT molecular complexity index is 1270. The first kappa shape index (κ1) is 29.6. The Kier molecular flexibility index (Phi) is 11.9. The first-order valence-corrected chi connectivity index (χ1v) is 11.4. The van der Waals surface area contributed by atoms with Gasteiger partial charge in [-0.25, -0.2) is 0 Å². The number of carbonyl (C=O) groups excluding carboxylic acids is 1. The van der Waals surface area contributed by atoms with Crippen LogP contribution in [0.5, 0.6) is 0 Å². The van der Waals surface area contributed by atoms with Crippen molar-refractivity contribution >= 4 is 22.8 Å². The molecule has 1 radical (unpaired) electrons. The number of allylic oxidation sites excluding steroid dienone is 2. The minimum absolute atomic E-state index is 0. The van der Waals surface area contributed by atoms with Gasteiger partial charge < -0.3 is 25.2 Å². The van der Waals surface area contributed by atoms with Crippen molar-refractivity contribution in [1.82, 2.24) is 4.98 Å². The third-order valence-corrected chi connectivity index (χ3v) is 5.14. The van der Waals surface area contributed by atoms with Gasteiger partial charge in [-0.05, 0) is 61.1 Å². The first-order valence-electron chi connectivity index (χ1n) is 11.4. The Morgan fingerprint density at radius 1 is 0.892 bits per heavy atom. The van der Waals surface area contributed by atoms with Gasteiger partial charge in [0, 0.05) is 50.4 Å². The van der Waals surface area contributed by atoms with Crippen molar-refractivity contribution in [3.63, 3.8) is 0 Å². The molecule has 0 amide bonds. The van der Waals surface area contributed by atoms with Gasteiger partial charge in [-0.2, -0.15) is 0 Å². The predicted molar refractivity (Wildman–Crippen MR) is 142 cm³/mol. The second-order valence-corrected chi connectivity index (χ2v) is 8.03. The largest absolute Gasteiger partial charge is 0.512 e. The second-order valence-electron chi connectivity index (χ2n) is 8.03. The molecule has 6 nitrogen and oxygen atoms in total. The SMILES string of the molecule is CC(=O)/C=C(/C)O.OCc1ccnc(-c2[c-]cc(N(c3ccccc3)c3ccccc3)cc2CO)c1.[Ir]. The Morgan fingerprint density at radius 2 is 1.49 bits per heavy atom. The van der Waals surface area contributed by atoms with Crippen LogP contribution < -0.4 is 4.90 Å². The molecule has 0 spiro atoms. The smallest absolute Gasteiger partial charge is 0.155 e. The number of aliphatic hydroxyl groups excluding tert-OH is 3. The number of hydrogen-bond acceptors (Lipinski definition) is 6. The summed E-state index contributed by atoms with van der Waals surface area (Å²) in [5.74, 6) is -0.0625. The van der Waals surface area contributed by atoms with E-state index in [1.807, 2.05) is 78.9 Å².